The van der Waals surface area contributed by atoms with Crippen molar-refractivity contribution in [1.82, 2.24) is 24.6 Å². The van der Waals surface area contributed by atoms with Crippen molar-refractivity contribution in [1.29, 1.82) is 0 Å². The minimum Gasteiger partial charge on any atom is -0.341 e. The molecule has 0 radical (unpaired) electrons. The van der Waals surface area contributed by atoms with Gasteiger partial charge in [-0.3, -0.25) is 14.6 Å². The van der Waals surface area contributed by atoms with Crippen molar-refractivity contribution in [3.05, 3.63) is 76.9 Å². The van der Waals surface area contributed by atoms with Crippen LogP contribution >= 0.6 is 0 Å². The van der Waals surface area contributed by atoms with E-state index >= 15 is 0 Å². The Morgan fingerprint density at radius 2 is 1.89 bits per heavy atom. The van der Waals surface area contributed by atoms with Gasteiger partial charge in [0.1, 0.15) is 0 Å². The number of aromatic amines is 1. The number of H-pyrrole nitrogens is 1. The standard InChI is InChI=1S/C25H30N6O3S/c1-17-21(18(2)28-27-17)11-12-30(3)25(32)22-14-20(29-35(4,33)34)15-23-24(22)31(16-26-23)13-10-19-8-6-5-7-9-19/h5-9,14-16,29H,10-13H2,1-4H3,(H,27,28). The summed E-state index contributed by atoms with van der Waals surface area (Å²) in [5.74, 6) is -0.201. The first-order chi connectivity index (χ1) is 16.6. The van der Waals surface area contributed by atoms with Crippen LogP contribution in [0.3, 0.4) is 0 Å². The average molecular weight is 495 g/mol. The first-order valence-corrected chi connectivity index (χ1v) is 13.3. The lowest BCUT2D eigenvalue weighted by Gasteiger charge is -2.19. The smallest absolute Gasteiger partial charge is 0.255 e. The van der Waals surface area contributed by atoms with Gasteiger partial charge >= 0.3 is 0 Å². The molecule has 35 heavy (non-hydrogen) atoms. The van der Waals surface area contributed by atoms with Crippen LogP contribution in [0.25, 0.3) is 11.0 Å². The van der Waals surface area contributed by atoms with Crippen molar-refractivity contribution in [2.24, 2.45) is 0 Å². The highest BCUT2D eigenvalue weighted by molar-refractivity contribution is 7.92. The van der Waals surface area contributed by atoms with Crippen molar-refractivity contribution >= 4 is 32.7 Å². The number of sulfonamides is 1. The molecule has 0 saturated heterocycles. The van der Waals surface area contributed by atoms with Crippen LogP contribution in [-0.2, 0) is 29.4 Å². The molecule has 0 unspecified atom stereocenters. The highest BCUT2D eigenvalue weighted by atomic mass is 32.2. The molecule has 0 spiro atoms. The highest BCUT2D eigenvalue weighted by Gasteiger charge is 2.21. The van der Waals surface area contributed by atoms with Gasteiger partial charge in [-0.2, -0.15) is 5.10 Å². The summed E-state index contributed by atoms with van der Waals surface area (Å²) in [6.07, 6.45) is 4.22. The Balaban J connectivity index is 1.66. The third kappa shape index (κ3) is 5.71. The van der Waals surface area contributed by atoms with Crippen LogP contribution in [0.2, 0.25) is 0 Å². The van der Waals surface area contributed by atoms with Crippen LogP contribution in [-0.4, -0.2) is 58.8 Å². The summed E-state index contributed by atoms with van der Waals surface area (Å²) >= 11 is 0. The molecule has 184 valence electrons. The molecule has 2 N–H and O–H groups in total. The number of likely N-dealkylation sites (N-methyl/N-ethyl adjacent to an activating group) is 1. The zero-order valence-corrected chi connectivity index (χ0v) is 21.2. The quantitative estimate of drug-likeness (QED) is 0.371. The Hall–Kier alpha value is -3.66. The summed E-state index contributed by atoms with van der Waals surface area (Å²) in [7, 11) is -1.77. The maximum Gasteiger partial charge on any atom is 0.255 e. The molecule has 0 bridgehead atoms. The summed E-state index contributed by atoms with van der Waals surface area (Å²) in [5.41, 5.74) is 6.15. The predicted octanol–water partition coefficient (Wildman–Crippen LogP) is 3.31. The van der Waals surface area contributed by atoms with E-state index in [0.717, 1.165) is 29.6 Å². The van der Waals surface area contributed by atoms with Gasteiger partial charge in [-0.15, -0.1) is 0 Å². The number of aryl methyl sites for hydroxylation is 4. The molecule has 0 aliphatic heterocycles. The number of fused-ring (bicyclic) bond motifs is 1. The highest BCUT2D eigenvalue weighted by Crippen LogP contribution is 2.26. The molecule has 0 aliphatic rings. The molecule has 0 fully saturated rings. The van der Waals surface area contributed by atoms with Gasteiger partial charge in [0, 0.05) is 25.8 Å². The lowest BCUT2D eigenvalue weighted by molar-refractivity contribution is 0.0798. The van der Waals surface area contributed by atoms with Gasteiger partial charge in [-0.25, -0.2) is 13.4 Å². The molecule has 9 nitrogen and oxygen atoms in total. The Morgan fingerprint density at radius 3 is 2.54 bits per heavy atom. The number of nitrogens with one attached hydrogen (secondary N) is 2. The second-order valence-electron chi connectivity index (χ2n) is 8.83. The van der Waals surface area contributed by atoms with Crippen molar-refractivity contribution in [3.63, 3.8) is 0 Å². The molecule has 2 aromatic carbocycles. The van der Waals surface area contributed by atoms with E-state index in [1.807, 2.05) is 36.6 Å². The summed E-state index contributed by atoms with van der Waals surface area (Å²) in [6.45, 7) is 5.03. The molecular weight excluding hydrogens is 464 g/mol. The fourth-order valence-electron chi connectivity index (χ4n) is 4.24. The minimum absolute atomic E-state index is 0.201. The summed E-state index contributed by atoms with van der Waals surface area (Å²) < 4.78 is 28.2. The monoisotopic (exact) mass is 494 g/mol. The molecule has 4 aromatic rings. The fraction of sp³-hybridized carbons (Fsp3) is 0.320. The van der Waals surface area contributed by atoms with Crippen molar-refractivity contribution in [2.45, 2.75) is 33.2 Å². The van der Waals surface area contributed by atoms with E-state index in [4.69, 9.17) is 0 Å². The van der Waals surface area contributed by atoms with Crippen molar-refractivity contribution < 1.29 is 13.2 Å². The zero-order chi connectivity index (χ0) is 25.2. The zero-order valence-electron chi connectivity index (χ0n) is 20.4. The van der Waals surface area contributed by atoms with Gasteiger partial charge < -0.3 is 9.47 Å². The fourth-order valence-corrected chi connectivity index (χ4v) is 4.78. The Kier molecular flexibility index (Phi) is 6.93. The largest absolute Gasteiger partial charge is 0.341 e. The number of imidazole rings is 1. The van der Waals surface area contributed by atoms with Gasteiger partial charge in [0.25, 0.3) is 5.91 Å². The lowest BCUT2D eigenvalue weighted by Crippen LogP contribution is -2.29. The number of carbonyl (C=O) groups excluding carboxylic acids is 1. The molecule has 2 heterocycles. The van der Waals surface area contributed by atoms with Crippen LogP contribution in [0.5, 0.6) is 0 Å². The topological polar surface area (TPSA) is 113 Å². The van der Waals surface area contributed by atoms with Crippen LogP contribution in [0.4, 0.5) is 5.69 Å². The van der Waals surface area contributed by atoms with E-state index in [2.05, 4.69) is 32.0 Å². The summed E-state index contributed by atoms with van der Waals surface area (Å²) in [4.78, 5) is 19.7. The first-order valence-electron chi connectivity index (χ1n) is 11.4. The number of hydrogen-bond acceptors (Lipinski definition) is 5. The van der Waals surface area contributed by atoms with Crippen molar-refractivity contribution in [3.8, 4) is 0 Å². The van der Waals surface area contributed by atoms with Gasteiger partial charge in [-0.1, -0.05) is 30.3 Å². The first kappa shape index (κ1) is 24.5. The number of amides is 1. The Labute approximate surface area is 205 Å². The third-order valence-corrected chi connectivity index (χ3v) is 6.66. The second kappa shape index (κ2) is 9.91. The number of nitrogens with zero attached hydrogens (tertiary/aromatic N) is 4. The number of rotatable bonds is 9. The lowest BCUT2D eigenvalue weighted by atomic mass is 10.1. The maximum atomic E-state index is 13.6. The number of aromatic nitrogens is 4. The molecule has 4 rings (SSSR count). The van der Waals surface area contributed by atoms with Crippen LogP contribution in [0.15, 0.2) is 48.8 Å². The summed E-state index contributed by atoms with van der Waals surface area (Å²) in [6, 6.07) is 13.3. The third-order valence-electron chi connectivity index (χ3n) is 6.06. The molecular formula is C25H30N6O3S. The average Bonchev–Trinajstić information content (AvgIpc) is 3.37. The van der Waals surface area contributed by atoms with E-state index in [-0.39, 0.29) is 5.91 Å². The molecule has 2 aromatic heterocycles. The normalized spacial score (nSPS) is 11.7. The summed E-state index contributed by atoms with van der Waals surface area (Å²) in [5, 5.41) is 7.20. The second-order valence-corrected chi connectivity index (χ2v) is 10.6. The molecule has 1 amide bonds. The Bertz CT molecular complexity index is 1440. The Morgan fingerprint density at radius 1 is 1.14 bits per heavy atom. The SMILES string of the molecule is Cc1n[nH]c(C)c1CCN(C)C(=O)c1cc(NS(C)(=O)=O)cc2ncn(CCc3ccccc3)c12. The van der Waals surface area contributed by atoms with Crippen molar-refractivity contribution in [2.75, 3.05) is 24.6 Å². The van der Waals surface area contributed by atoms with Crippen LogP contribution in [0, 0.1) is 13.8 Å². The van der Waals surface area contributed by atoms with Crippen LogP contribution in [0.1, 0.15) is 32.9 Å². The molecule has 0 atom stereocenters. The van der Waals surface area contributed by atoms with E-state index < -0.39 is 10.0 Å². The molecule has 0 saturated carbocycles. The van der Waals surface area contributed by atoms with E-state index in [1.165, 1.54) is 5.56 Å². The number of hydrogen-bond donors (Lipinski definition) is 2. The number of benzene rings is 2. The van der Waals surface area contributed by atoms with Gasteiger partial charge in [0.2, 0.25) is 10.0 Å². The molecule has 10 heteroatoms. The van der Waals surface area contributed by atoms with Gasteiger partial charge in [-0.05, 0) is 49.9 Å². The van der Waals surface area contributed by atoms with Gasteiger partial charge in [0.05, 0.1) is 40.6 Å². The van der Waals surface area contributed by atoms with E-state index in [9.17, 15) is 13.2 Å². The van der Waals surface area contributed by atoms with E-state index in [0.29, 0.717) is 41.8 Å². The molecule has 0 aliphatic carbocycles. The maximum absolute atomic E-state index is 13.6. The predicted molar refractivity (Wildman–Crippen MR) is 137 cm³/mol. The van der Waals surface area contributed by atoms with Crippen LogP contribution < -0.4 is 4.72 Å². The number of carbonyl (C=O) groups is 1. The van der Waals surface area contributed by atoms with Gasteiger partial charge in [0.15, 0.2) is 0 Å². The minimum atomic E-state index is -3.52. The van der Waals surface area contributed by atoms with E-state index in [1.54, 1.807) is 30.4 Å². The number of anilines is 1.